The van der Waals surface area contributed by atoms with E-state index in [4.69, 9.17) is 11.6 Å². The van der Waals surface area contributed by atoms with Gasteiger partial charge >= 0.3 is 0 Å². The third kappa shape index (κ3) is 3.95. The molecule has 1 saturated carbocycles. The van der Waals surface area contributed by atoms with Crippen molar-refractivity contribution in [2.75, 3.05) is 5.75 Å². The van der Waals surface area contributed by atoms with Crippen LogP contribution in [0.25, 0.3) is 0 Å². The van der Waals surface area contributed by atoms with Crippen LogP contribution in [0.3, 0.4) is 0 Å². The molecule has 4 heteroatoms. The van der Waals surface area contributed by atoms with E-state index in [0.717, 1.165) is 29.5 Å². The summed E-state index contributed by atoms with van der Waals surface area (Å²) in [5.41, 5.74) is 1.19. The van der Waals surface area contributed by atoms with Gasteiger partial charge in [-0.2, -0.15) is 0 Å². The second-order valence-corrected chi connectivity index (χ2v) is 7.70. The first-order valence-electron chi connectivity index (χ1n) is 7.94. The molecule has 1 aromatic carbocycles. The Bertz CT molecular complexity index is 514. The van der Waals surface area contributed by atoms with Crippen LogP contribution < -0.4 is 5.32 Å². The lowest BCUT2D eigenvalue weighted by Gasteiger charge is -2.26. The van der Waals surface area contributed by atoms with Crippen LogP contribution in [0.4, 0.5) is 0 Å². The number of fused-ring (bicyclic) bond motifs is 1. The van der Waals surface area contributed by atoms with Crippen LogP contribution in [0.1, 0.15) is 56.6 Å². The van der Waals surface area contributed by atoms with E-state index in [0.29, 0.717) is 6.42 Å². The fraction of sp³-hybridized carbons (Fsp3) is 0.588. The summed E-state index contributed by atoms with van der Waals surface area (Å²) in [6, 6.07) is 6.14. The lowest BCUT2D eigenvalue weighted by molar-refractivity contribution is -0.122. The number of thioether (sulfide) groups is 1. The van der Waals surface area contributed by atoms with Crippen molar-refractivity contribution in [3.05, 3.63) is 28.8 Å². The summed E-state index contributed by atoms with van der Waals surface area (Å²) in [4.78, 5) is 13.5. The molecule has 0 saturated heterocycles. The van der Waals surface area contributed by atoms with Gasteiger partial charge in [0.2, 0.25) is 5.91 Å². The summed E-state index contributed by atoms with van der Waals surface area (Å²) in [6.07, 6.45) is 8.03. The van der Waals surface area contributed by atoms with E-state index in [1.165, 1.54) is 36.1 Å². The zero-order valence-corrected chi connectivity index (χ0v) is 13.8. The monoisotopic (exact) mass is 323 g/mol. The van der Waals surface area contributed by atoms with E-state index in [-0.39, 0.29) is 11.9 Å². The number of hydrogen-bond donors (Lipinski definition) is 1. The van der Waals surface area contributed by atoms with Crippen LogP contribution in [-0.2, 0) is 4.79 Å². The highest BCUT2D eigenvalue weighted by Crippen LogP contribution is 2.37. The van der Waals surface area contributed by atoms with Crippen molar-refractivity contribution in [2.24, 2.45) is 5.92 Å². The molecule has 1 heterocycles. The number of halogens is 1. The van der Waals surface area contributed by atoms with Crippen molar-refractivity contribution < 1.29 is 4.79 Å². The standard InChI is InChI=1S/C17H22ClNOS/c18-13-6-7-16-14(11-13)15(9-10-21-16)19-17(20)8-5-12-3-1-2-4-12/h6-7,11-12,15H,1-5,8-10H2,(H,19,20). The van der Waals surface area contributed by atoms with E-state index in [1.807, 2.05) is 23.9 Å². The molecule has 3 rings (SSSR count). The van der Waals surface area contributed by atoms with Crippen molar-refractivity contribution >= 4 is 29.3 Å². The zero-order valence-electron chi connectivity index (χ0n) is 12.2. The number of carbonyl (C=O) groups is 1. The molecule has 2 nitrogen and oxygen atoms in total. The molecular formula is C17H22ClNOS. The van der Waals surface area contributed by atoms with Gasteiger partial charge in [-0.15, -0.1) is 11.8 Å². The maximum Gasteiger partial charge on any atom is 0.220 e. The van der Waals surface area contributed by atoms with E-state index < -0.39 is 0 Å². The Labute approximate surface area is 136 Å². The minimum atomic E-state index is 0.135. The minimum Gasteiger partial charge on any atom is -0.349 e. The predicted molar refractivity (Wildman–Crippen MR) is 88.9 cm³/mol. The maximum absolute atomic E-state index is 12.2. The van der Waals surface area contributed by atoms with Gasteiger partial charge in [-0.25, -0.2) is 0 Å². The topological polar surface area (TPSA) is 29.1 Å². The predicted octanol–water partition coefficient (Wildman–Crippen LogP) is 4.96. The Hall–Kier alpha value is -0.670. The van der Waals surface area contributed by atoms with Gasteiger partial charge < -0.3 is 5.32 Å². The molecule has 1 aromatic rings. The highest BCUT2D eigenvalue weighted by Gasteiger charge is 2.23. The third-order valence-corrected chi connectivity index (χ3v) is 5.96. The Morgan fingerprint density at radius 1 is 1.29 bits per heavy atom. The number of carbonyl (C=O) groups excluding carboxylic acids is 1. The summed E-state index contributed by atoms with van der Waals surface area (Å²) < 4.78 is 0. The summed E-state index contributed by atoms with van der Waals surface area (Å²) in [6.45, 7) is 0. The van der Waals surface area contributed by atoms with E-state index in [2.05, 4.69) is 11.4 Å². The van der Waals surface area contributed by atoms with Crippen LogP contribution in [-0.4, -0.2) is 11.7 Å². The van der Waals surface area contributed by atoms with Crippen molar-refractivity contribution in [2.45, 2.75) is 55.9 Å². The van der Waals surface area contributed by atoms with E-state index >= 15 is 0 Å². The molecule has 1 amide bonds. The molecule has 114 valence electrons. The molecule has 1 atom stereocenters. The molecule has 21 heavy (non-hydrogen) atoms. The van der Waals surface area contributed by atoms with Crippen molar-refractivity contribution in [1.82, 2.24) is 5.32 Å². The van der Waals surface area contributed by atoms with Gasteiger partial charge in [0.25, 0.3) is 0 Å². The molecule has 0 aromatic heterocycles. The van der Waals surface area contributed by atoms with Gasteiger partial charge in [-0.3, -0.25) is 4.79 Å². The summed E-state index contributed by atoms with van der Waals surface area (Å²) >= 11 is 7.96. The summed E-state index contributed by atoms with van der Waals surface area (Å²) in [5.74, 6) is 2.03. The van der Waals surface area contributed by atoms with Crippen LogP contribution in [0.2, 0.25) is 5.02 Å². The molecule has 1 fully saturated rings. The maximum atomic E-state index is 12.2. The molecular weight excluding hydrogens is 302 g/mol. The Kier molecular flexibility index (Phi) is 5.12. The van der Waals surface area contributed by atoms with Crippen molar-refractivity contribution in [3.8, 4) is 0 Å². The van der Waals surface area contributed by atoms with Crippen molar-refractivity contribution in [3.63, 3.8) is 0 Å². The molecule has 0 radical (unpaired) electrons. The molecule has 0 spiro atoms. The molecule has 2 aliphatic rings. The molecule has 1 N–H and O–H groups in total. The fourth-order valence-electron chi connectivity index (χ4n) is 3.42. The molecule has 1 unspecified atom stereocenters. The van der Waals surface area contributed by atoms with Gasteiger partial charge in [0.05, 0.1) is 6.04 Å². The number of nitrogens with one attached hydrogen (secondary N) is 1. The lowest BCUT2D eigenvalue weighted by atomic mass is 10.0. The first kappa shape index (κ1) is 15.2. The number of benzene rings is 1. The van der Waals surface area contributed by atoms with Gasteiger partial charge in [0.15, 0.2) is 0 Å². The van der Waals surface area contributed by atoms with Crippen LogP contribution in [0.5, 0.6) is 0 Å². The first-order valence-corrected chi connectivity index (χ1v) is 9.30. The lowest BCUT2D eigenvalue weighted by Crippen LogP contribution is -2.30. The normalized spacial score (nSPS) is 22.0. The van der Waals surface area contributed by atoms with Gasteiger partial charge in [-0.1, -0.05) is 37.3 Å². The Morgan fingerprint density at radius 3 is 2.90 bits per heavy atom. The molecule has 1 aliphatic carbocycles. The number of hydrogen-bond acceptors (Lipinski definition) is 2. The van der Waals surface area contributed by atoms with E-state index in [9.17, 15) is 4.79 Å². The highest BCUT2D eigenvalue weighted by atomic mass is 35.5. The average molecular weight is 324 g/mol. The van der Waals surface area contributed by atoms with Gasteiger partial charge in [0, 0.05) is 22.1 Å². The highest BCUT2D eigenvalue weighted by molar-refractivity contribution is 7.99. The van der Waals surface area contributed by atoms with Crippen LogP contribution in [0.15, 0.2) is 23.1 Å². The average Bonchev–Trinajstić information content (AvgIpc) is 2.99. The Balaban J connectivity index is 1.57. The fourth-order valence-corrected chi connectivity index (χ4v) is 4.70. The minimum absolute atomic E-state index is 0.135. The van der Waals surface area contributed by atoms with Crippen molar-refractivity contribution in [1.29, 1.82) is 0 Å². The zero-order chi connectivity index (χ0) is 14.7. The third-order valence-electron chi connectivity index (χ3n) is 4.60. The summed E-state index contributed by atoms with van der Waals surface area (Å²) in [5, 5.41) is 3.97. The largest absolute Gasteiger partial charge is 0.349 e. The second-order valence-electron chi connectivity index (χ2n) is 6.13. The molecule has 0 bridgehead atoms. The van der Waals surface area contributed by atoms with Gasteiger partial charge in [-0.05, 0) is 42.5 Å². The van der Waals surface area contributed by atoms with Gasteiger partial charge in [0.1, 0.15) is 0 Å². The molecule has 1 aliphatic heterocycles. The second kappa shape index (κ2) is 7.06. The quantitative estimate of drug-likeness (QED) is 0.848. The smallest absolute Gasteiger partial charge is 0.220 e. The Morgan fingerprint density at radius 2 is 2.10 bits per heavy atom. The van der Waals surface area contributed by atoms with Crippen LogP contribution >= 0.6 is 23.4 Å². The summed E-state index contributed by atoms with van der Waals surface area (Å²) in [7, 11) is 0. The first-order chi connectivity index (χ1) is 10.2. The number of amides is 1. The number of rotatable bonds is 4. The van der Waals surface area contributed by atoms with Crippen LogP contribution in [0, 0.1) is 5.92 Å². The van der Waals surface area contributed by atoms with E-state index in [1.54, 1.807) is 0 Å². The SMILES string of the molecule is O=C(CCC1CCCC1)NC1CCSc2ccc(Cl)cc21.